The van der Waals surface area contributed by atoms with Gasteiger partial charge in [-0.15, -0.1) is 0 Å². The lowest BCUT2D eigenvalue weighted by molar-refractivity contribution is 0.265. The summed E-state index contributed by atoms with van der Waals surface area (Å²) >= 11 is 0. The molecule has 106 valence electrons. The summed E-state index contributed by atoms with van der Waals surface area (Å²) in [6, 6.07) is 9.93. The number of hydrogen-bond donors (Lipinski definition) is 0. The van der Waals surface area contributed by atoms with Crippen LogP contribution in [0.2, 0.25) is 0 Å². The quantitative estimate of drug-likeness (QED) is 0.832. The van der Waals surface area contributed by atoms with Gasteiger partial charge < -0.3 is 14.2 Å². The lowest BCUT2D eigenvalue weighted by Gasteiger charge is -2.15. The average Bonchev–Trinajstić information content (AvgIpc) is 2.46. The Balaban J connectivity index is 2.21. The molecule has 0 atom stereocenters. The Bertz CT molecular complexity index is 554. The predicted molar refractivity (Wildman–Crippen MR) is 75.0 cm³/mol. The summed E-state index contributed by atoms with van der Waals surface area (Å²) in [5.74, 6) is 1.51. The molecule has 0 aliphatic heterocycles. The highest BCUT2D eigenvalue weighted by Crippen LogP contribution is 2.38. The van der Waals surface area contributed by atoms with Crippen molar-refractivity contribution in [3.63, 3.8) is 0 Å². The Hall–Kier alpha value is -2.23. The van der Waals surface area contributed by atoms with Crippen molar-refractivity contribution < 1.29 is 18.6 Å². The van der Waals surface area contributed by atoms with Crippen LogP contribution in [0, 0.1) is 12.7 Å². The van der Waals surface area contributed by atoms with Crippen molar-refractivity contribution >= 4 is 0 Å². The highest BCUT2D eigenvalue weighted by Gasteiger charge is 2.13. The third kappa shape index (κ3) is 3.20. The van der Waals surface area contributed by atoms with E-state index in [0.29, 0.717) is 23.9 Å². The van der Waals surface area contributed by atoms with Gasteiger partial charge in [0.05, 0.1) is 14.2 Å². The second-order valence-corrected chi connectivity index (χ2v) is 4.41. The van der Waals surface area contributed by atoms with E-state index in [1.165, 1.54) is 12.1 Å². The second kappa shape index (κ2) is 6.28. The summed E-state index contributed by atoms with van der Waals surface area (Å²) in [6.07, 6.45) is 0. The Morgan fingerprint density at radius 2 is 1.50 bits per heavy atom. The zero-order valence-electron chi connectivity index (χ0n) is 11.8. The molecule has 2 aromatic carbocycles. The molecule has 0 radical (unpaired) electrons. The maximum atomic E-state index is 12.9. The van der Waals surface area contributed by atoms with Crippen LogP contribution in [0.3, 0.4) is 0 Å². The van der Waals surface area contributed by atoms with Gasteiger partial charge in [-0.25, -0.2) is 4.39 Å². The van der Waals surface area contributed by atoms with Crippen molar-refractivity contribution in [1.82, 2.24) is 0 Å². The largest absolute Gasteiger partial charge is 0.493 e. The minimum absolute atomic E-state index is 0.265. The summed E-state index contributed by atoms with van der Waals surface area (Å²) in [5.41, 5.74) is 1.89. The van der Waals surface area contributed by atoms with Crippen molar-refractivity contribution in [2.24, 2.45) is 0 Å². The van der Waals surface area contributed by atoms with Gasteiger partial charge in [0.25, 0.3) is 0 Å². The topological polar surface area (TPSA) is 27.7 Å². The number of halogens is 1. The van der Waals surface area contributed by atoms with Crippen molar-refractivity contribution in [2.45, 2.75) is 13.5 Å². The predicted octanol–water partition coefficient (Wildman–Crippen LogP) is 3.73. The number of ether oxygens (including phenoxy) is 3. The Morgan fingerprint density at radius 3 is 2.00 bits per heavy atom. The van der Waals surface area contributed by atoms with E-state index >= 15 is 0 Å². The highest BCUT2D eigenvalue weighted by atomic mass is 19.1. The first kappa shape index (κ1) is 14.2. The fourth-order valence-electron chi connectivity index (χ4n) is 1.89. The molecule has 0 bridgehead atoms. The van der Waals surface area contributed by atoms with Gasteiger partial charge in [0.2, 0.25) is 5.75 Å². The first-order chi connectivity index (χ1) is 9.63. The molecule has 0 saturated heterocycles. The standard InChI is InChI=1S/C16H17FO3/c1-11-8-14(18-2)16(15(9-11)19-3)20-10-12-4-6-13(17)7-5-12/h4-9H,10H2,1-3H3. The highest BCUT2D eigenvalue weighted by molar-refractivity contribution is 5.53. The maximum absolute atomic E-state index is 12.9. The Labute approximate surface area is 117 Å². The van der Waals surface area contributed by atoms with Crippen LogP contribution in [0.1, 0.15) is 11.1 Å². The van der Waals surface area contributed by atoms with Gasteiger partial charge >= 0.3 is 0 Å². The van der Waals surface area contributed by atoms with E-state index in [2.05, 4.69) is 0 Å². The third-order valence-corrected chi connectivity index (χ3v) is 2.90. The van der Waals surface area contributed by atoms with Gasteiger partial charge in [-0.2, -0.15) is 0 Å². The number of hydrogen-bond acceptors (Lipinski definition) is 3. The molecule has 0 spiro atoms. The molecule has 0 heterocycles. The van der Waals surface area contributed by atoms with Crippen molar-refractivity contribution in [3.8, 4) is 17.2 Å². The maximum Gasteiger partial charge on any atom is 0.203 e. The summed E-state index contributed by atoms with van der Waals surface area (Å²) in [4.78, 5) is 0. The molecule has 0 N–H and O–H groups in total. The van der Waals surface area contributed by atoms with Gasteiger partial charge in [0.15, 0.2) is 11.5 Å². The fraction of sp³-hybridized carbons (Fsp3) is 0.250. The monoisotopic (exact) mass is 276 g/mol. The van der Waals surface area contributed by atoms with E-state index in [9.17, 15) is 4.39 Å². The minimum atomic E-state index is -0.265. The van der Waals surface area contributed by atoms with Crippen LogP contribution in [0.15, 0.2) is 36.4 Å². The summed E-state index contributed by atoms with van der Waals surface area (Å²) in [7, 11) is 3.16. The van der Waals surface area contributed by atoms with E-state index in [0.717, 1.165) is 11.1 Å². The number of rotatable bonds is 5. The molecule has 3 nitrogen and oxygen atoms in total. The smallest absolute Gasteiger partial charge is 0.203 e. The Kier molecular flexibility index (Phi) is 4.45. The van der Waals surface area contributed by atoms with Crippen LogP contribution in [-0.4, -0.2) is 14.2 Å². The van der Waals surface area contributed by atoms with E-state index in [-0.39, 0.29) is 5.82 Å². The van der Waals surface area contributed by atoms with Crippen molar-refractivity contribution in [3.05, 3.63) is 53.3 Å². The van der Waals surface area contributed by atoms with E-state index in [4.69, 9.17) is 14.2 Å². The van der Waals surface area contributed by atoms with Gasteiger partial charge in [0.1, 0.15) is 12.4 Å². The molecule has 2 aromatic rings. The summed E-state index contributed by atoms with van der Waals surface area (Å²) < 4.78 is 29.2. The molecule has 0 aliphatic rings. The molecule has 0 amide bonds. The first-order valence-electron chi connectivity index (χ1n) is 6.24. The van der Waals surface area contributed by atoms with Crippen molar-refractivity contribution in [1.29, 1.82) is 0 Å². The van der Waals surface area contributed by atoms with Crippen LogP contribution in [-0.2, 0) is 6.61 Å². The molecule has 0 unspecified atom stereocenters. The molecule has 0 saturated carbocycles. The summed E-state index contributed by atoms with van der Waals surface area (Å²) in [6.45, 7) is 2.27. The van der Waals surface area contributed by atoms with E-state index in [1.807, 2.05) is 19.1 Å². The van der Waals surface area contributed by atoms with Gasteiger partial charge in [-0.1, -0.05) is 12.1 Å². The lowest BCUT2D eigenvalue weighted by Crippen LogP contribution is -2.00. The lowest BCUT2D eigenvalue weighted by atomic mass is 10.2. The minimum Gasteiger partial charge on any atom is -0.493 e. The zero-order valence-corrected chi connectivity index (χ0v) is 11.8. The van der Waals surface area contributed by atoms with Crippen LogP contribution in [0.5, 0.6) is 17.2 Å². The normalized spacial score (nSPS) is 10.2. The van der Waals surface area contributed by atoms with Gasteiger partial charge in [-0.3, -0.25) is 0 Å². The van der Waals surface area contributed by atoms with Crippen LogP contribution < -0.4 is 14.2 Å². The molecule has 20 heavy (non-hydrogen) atoms. The second-order valence-electron chi connectivity index (χ2n) is 4.41. The number of methoxy groups -OCH3 is 2. The molecule has 2 rings (SSSR count). The molecular weight excluding hydrogens is 259 g/mol. The van der Waals surface area contributed by atoms with Crippen LogP contribution >= 0.6 is 0 Å². The molecular formula is C16H17FO3. The van der Waals surface area contributed by atoms with Gasteiger partial charge in [0, 0.05) is 0 Å². The summed E-state index contributed by atoms with van der Waals surface area (Å²) in [5, 5.41) is 0. The zero-order chi connectivity index (χ0) is 14.5. The van der Waals surface area contributed by atoms with Gasteiger partial charge in [-0.05, 0) is 42.3 Å². The average molecular weight is 276 g/mol. The Morgan fingerprint density at radius 1 is 0.950 bits per heavy atom. The molecule has 0 aliphatic carbocycles. The van der Waals surface area contributed by atoms with E-state index < -0.39 is 0 Å². The third-order valence-electron chi connectivity index (χ3n) is 2.90. The SMILES string of the molecule is COc1cc(C)cc(OC)c1OCc1ccc(F)cc1. The molecule has 0 fully saturated rings. The molecule has 0 aromatic heterocycles. The van der Waals surface area contributed by atoms with Crippen molar-refractivity contribution in [2.75, 3.05) is 14.2 Å². The number of aryl methyl sites for hydroxylation is 1. The van der Waals surface area contributed by atoms with E-state index in [1.54, 1.807) is 26.4 Å². The molecule has 4 heteroatoms. The van der Waals surface area contributed by atoms with Crippen LogP contribution in [0.4, 0.5) is 4.39 Å². The first-order valence-corrected chi connectivity index (χ1v) is 6.24. The van der Waals surface area contributed by atoms with Crippen LogP contribution in [0.25, 0.3) is 0 Å². The fourth-order valence-corrected chi connectivity index (χ4v) is 1.89. The number of benzene rings is 2.